The van der Waals surface area contributed by atoms with E-state index in [4.69, 9.17) is 4.74 Å². The van der Waals surface area contributed by atoms with Crippen molar-refractivity contribution >= 4 is 11.7 Å². The van der Waals surface area contributed by atoms with Crippen LogP contribution in [0.15, 0.2) is 36.7 Å². The van der Waals surface area contributed by atoms with Crippen molar-refractivity contribution in [2.75, 3.05) is 31.6 Å². The number of methoxy groups -OCH3 is 1. The van der Waals surface area contributed by atoms with Crippen molar-refractivity contribution in [1.29, 1.82) is 0 Å². The molecule has 1 atom stereocenters. The second-order valence-electron chi connectivity index (χ2n) is 6.77. The molecule has 0 radical (unpaired) electrons. The smallest absolute Gasteiger partial charge is 0.271 e. The third-order valence-corrected chi connectivity index (χ3v) is 4.72. The van der Waals surface area contributed by atoms with E-state index in [1.165, 1.54) is 12.8 Å². The molecule has 1 unspecified atom stereocenters. The van der Waals surface area contributed by atoms with E-state index in [0.29, 0.717) is 24.6 Å². The van der Waals surface area contributed by atoms with E-state index in [-0.39, 0.29) is 5.91 Å². The zero-order valence-corrected chi connectivity index (χ0v) is 15.4. The fraction of sp³-hybridized carbons (Fsp3) is 0.450. The number of rotatable bonds is 6. The number of amides is 1. The van der Waals surface area contributed by atoms with Gasteiger partial charge in [0.05, 0.1) is 19.5 Å². The van der Waals surface area contributed by atoms with Gasteiger partial charge in [0, 0.05) is 19.6 Å². The fourth-order valence-electron chi connectivity index (χ4n) is 3.31. The van der Waals surface area contributed by atoms with Crippen LogP contribution in [0, 0.1) is 5.92 Å². The number of hydrogen-bond acceptors (Lipinski definition) is 5. The Hall–Kier alpha value is -2.63. The van der Waals surface area contributed by atoms with Crippen LogP contribution in [0.5, 0.6) is 5.75 Å². The van der Waals surface area contributed by atoms with Gasteiger partial charge < -0.3 is 15.0 Å². The lowest BCUT2D eigenvalue weighted by molar-refractivity contribution is 0.0948. The van der Waals surface area contributed by atoms with Crippen LogP contribution in [-0.4, -0.2) is 42.6 Å². The van der Waals surface area contributed by atoms with Crippen molar-refractivity contribution in [2.45, 2.75) is 26.2 Å². The number of carbonyl (C=O) groups excluding carboxylic acids is 1. The maximum atomic E-state index is 12.3. The van der Waals surface area contributed by atoms with Crippen molar-refractivity contribution in [3.05, 3.63) is 47.9 Å². The predicted molar refractivity (Wildman–Crippen MR) is 102 cm³/mol. The van der Waals surface area contributed by atoms with Gasteiger partial charge in [0.25, 0.3) is 5.91 Å². The van der Waals surface area contributed by atoms with Crippen molar-refractivity contribution < 1.29 is 9.53 Å². The maximum absolute atomic E-state index is 12.3. The molecule has 1 amide bonds. The molecular weight excluding hydrogens is 328 g/mol. The van der Waals surface area contributed by atoms with E-state index in [9.17, 15) is 4.79 Å². The highest BCUT2D eigenvalue weighted by Gasteiger charge is 2.18. The SMILES string of the molecule is COc1ccccc1CCNC(=O)c1cnc(N2CCCC(C)C2)cn1. The summed E-state index contributed by atoms with van der Waals surface area (Å²) in [4.78, 5) is 23.2. The van der Waals surface area contributed by atoms with Crippen molar-refractivity contribution in [2.24, 2.45) is 5.92 Å². The molecule has 1 aliphatic heterocycles. The van der Waals surface area contributed by atoms with E-state index in [2.05, 4.69) is 27.1 Å². The number of benzene rings is 1. The molecular formula is C20H26N4O2. The minimum absolute atomic E-state index is 0.203. The normalized spacial score (nSPS) is 17.0. The maximum Gasteiger partial charge on any atom is 0.271 e. The number of hydrogen-bond donors (Lipinski definition) is 1. The van der Waals surface area contributed by atoms with Crippen LogP contribution in [-0.2, 0) is 6.42 Å². The number of anilines is 1. The summed E-state index contributed by atoms with van der Waals surface area (Å²) in [7, 11) is 1.65. The lowest BCUT2D eigenvalue weighted by atomic mass is 10.0. The summed E-state index contributed by atoms with van der Waals surface area (Å²) in [5.74, 6) is 2.15. The molecule has 0 bridgehead atoms. The molecule has 6 nitrogen and oxygen atoms in total. The molecule has 2 heterocycles. The van der Waals surface area contributed by atoms with Gasteiger partial charge in [-0.15, -0.1) is 0 Å². The number of nitrogens with one attached hydrogen (secondary N) is 1. The van der Waals surface area contributed by atoms with Gasteiger partial charge in [-0.3, -0.25) is 4.79 Å². The lowest BCUT2D eigenvalue weighted by Crippen LogP contribution is -2.35. The van der Waals surface area contributed by atoms with E-state index in [1.807, 2.05) is 24.3 Å². The lowest BCUT2D eigenvalue weighted by Gasteiger charge is -2.31. The Labute approximate surface area is 154 Å². The van der Waals surface area contributed by atoms with E-state index in [1.54, 1.807) is 19.5 Å². The summed E-state index contributed by atoms with van der Waals surface area (Å²) >= 11 is 0. The molecule has 3 rings (SSSR count). The molecule has 0 saturated carbocycles. The summed E-state index contributed by atoms with van der Waals surface area (Å²) < 4.78 is 5.33. The minimum Gasteiger partial charge on any atom is -0.496 e. The number of nitrogens with zero attached hydrogens (tertiary/aromatic N) is 3. The van der Waals surface area contributed by atoms with Crippen LogP contribution in [0.1, 0.15) is 35.8 Å². The first-order valence-corrected chi connectivity index (χ1v) is 9.14. The second kappa shape index (κ2) is 8.65. The minimum atomic E-state index is -0.203. The molecule has 1 N–H and O–H groups in total. The Balaban J connectivity index is 1.53. The van der Waals surface area contributed by atoms with Crippen molar-refractivity contribution in [3.8, 4) is 5.75 Å². The monoisotopic (exact) mass is 354 g/mol. The number of para-hydroxylation sites is 1. The molecule has 0 spiro atoms. The summed E-state index contributed by atoms with van der Waals surface area (Å²) in [6, 6.07) is 7.81. The average Bonchev–Trinajstić information content (AvgIpc) is 2.68. The summed E-state index contributed by atoms with van der Waals surface area (Å²) in [5, 5.41) is 2.89. The third-order valence-electron chi connectivity index (χ3n) is 4.72. The molecule has 1 saturated heterocycles. The topological polar surface area (TPSA) is 67.3 Å². The Morgan fingerprint density at radius 2 is 2.15 bits per heavy atom. The van der Waals surface area contributed by atoms with Gasteiger partial charge in [0.15, 0.2) is 0 Å². The van der Waals surface area contributed by atoms with Crippen LogP contribution in [0.2, 0.25) is 0 Å². The molecule has 26 heavy (non-hydrogen) atoms. The van der Waals surface area contributed by atoms with Crippen molar-refractivity contribution in [3.63, 3.8) is 0 Å². The third kappa shape index (κ3) is 4.50. The average molecular weight is 354 g/mol. The Bertz CT molecular complexity index is 733. The number of piperidine rings is 1. The summed E-state index contributed by atoms with van der Waals surface area (Å²) in [5.41, 5.74) is 1.41. The highest BCUT2D eigenvalue weighted by molar-refractivity contribution is 5.92. The van der Waals surface area contributed by atoms with Crippen LogP contribution < -0.4 is 15.0 Å². The van der Waals surface area contributed by atoms with Gasteiger partial charge in [0.1, 0.15) is 17.3 Å². The first-order valence-electron chi connectivity index (χ1n) is 9.14. The van der Waals surface area contributed by atoms with Crippen LogP contribution in [0.3, 0.4) is 0 Å². The molecule has 2 aromatic rings. The molecule has 6 heteroatoms. The predicted octanol–water partition coefficient (Wildman–Crippen LogP) is 2.69. The number of carbonyl (C=O) groups is 1. The van der Waals surface area contributed by atoms with Crippen LogP contribution in [0.25, 0.3) is 0 Å². The van der Waals surface area contributed by atoms with Gasteiger partial charge in [-0.2, -0.15) is 0 Å². The van der Waals surface area contributed by atoms with Gasteiger partial charge in [-0.25, -0.2) is 9.97 Å². The van der Waals surface area contributed by atoms with E-state index in [0.717, 1.165) is 30.2 Å². The molecule has 1 aromatic carbocycles. The summed E-state index contributed by atoms with van der Waals surface area (Å²) in [6.45, 7) is 4.78. The number of aromatic nitrogens is 2. The highest BCUT2D eigenvalue weighted by Crippen LogP contribution is 2.20. The molecule has 1 aliphatic rings. The molecule has 0 aliphatic carbocycles. The Kier molecular flexibility index (Phi) is 6.04. The Morgan fingerprint density at radius 1 is 1.31 bits per heavy atom. The highest BCUT2D eigenvalue weighted by atomic mass is 16.5. The summed E-state index contributed by atoms with van der Waals surface area (Å²) in [6.07, 6.45) is 6.40. The molecule has 1 aromatic heterocycles. The van der Waals surface area contributed by atoms with Crippen LogP contribution >= 0.6 is 0 Å². The number of ether oxygens (including phenoxy) is 1. The molecule has 1 fully saturated rings. The molecule has 138 valence electrons. The standard InChI is InChI=1S/C20H26N4O2/c1-15-6-5-11-24(14-15)19-13-22-17(12-23-19)20(25)21-10-9-16-7-3-4-8-18(16)26-2/h3-4,7-8,12-13,15H,5-6,9-11,14H2,1-2H3,(H,21,25). The zero-order chi connectivity index (χ0) is 18.4. The fourth-order valence-corrected chi connectivity index (χ4v) is 3.31. The van der Waals surface area contributed by atoms with E-state index < -0.39 is 0 Å². The van der Waals surface area contributed by atoms with Gasteiger partial charge in [-0.1, -0.05) is 25.1 Å². The quantitative estimate of drug-likeness (QED) is 0.864. The van der Waals surface area contributed by atoms with E-state index >= 15 is 0 Å². The Morgan fingerprint density at radius 3 is 2.88 bits per heavy atom. The largest absolute Gasteiger partial charge is 0.496 e. The van der Waals surface area contributed by atoms with Gasteiger partial charge >= 0.3 is 0 Å². The first-order chi connectivity index (χ1) is 12.7. The first kappa shape index (κ1) is 18.2. The van der Waals surface area contributed by atoms with Crippen molar-refractivity contribution in [1.82, 2.24) is 15.3 Å². The van der Waals surface area contributed by atoms with Crippen LogP contribution in [0.4, 0.5) is 5.82 Å². The second-order valence-corrected chi connectivity index (χ2v) is 6.77. The van der Waals surface area contributed by atoms with Gasteiger partial charge in [-0.05, 0) is 36.8 Å². The van der Waals surface area contributed by atoms with Gasteiger partial charge in [0.2, 0.25) is 0 Å². The zero-order valence-electron chi connectivity index (χ0n) is 15.4.